The van der Waals surface area contributed by atoms with E-state index in [9.17, 15) is 9.59 Å². The van der Waals surface area contributed by atoms with Gasteiger partial charge in [-0.2, -0.15) is 0 Å². The molecule has 0 radical (unpaired) electrons. The van der Waals surface area contributed by atoms with E-state index < -0.39 is 6.04 Å². The smallest absolute Gasteiger partial charge is 0.328 e. The Morgan fingerprint density at radius 3 is 1.81 bits per heavy atom. The number of nitrogens with one attached hydrogen (secondary N) is 1. The van der Waals surface area contributed by atoms with Crippen molar-refractivity contribution in [2.24, 2.45) is 17.8 Å². The van der Waals surface area contributed by atoms with Crippen LogP contribution in [-0.4, -0.2) is 25.0 Å². The number of amides is 1. The van der Waals surface area contributed by atoms with Gasteiger partial charge >= 0.3 is 5.97 Å². The van der Waals surface area contributed by atoms with E-state index in [1.807, 2.05) is 34.6 Å². The summed E-state index contributed by atoms with van der Waals surface area (Å²) in [5.41, 5.74) is 0. The number of ether oxygens (including phenoxy) is 1. The van der Waals surface area contributed by atoms with Gasteiger partial charge in [0, 0.05) is 5.92 Å². The Morgan fingerprint density at radius 1 is 1.00 bits per heavy atom. The van der Waals surface area contributed by atoms with Crippen molar-refractivity contribution in [3.05, 3.63) is 0 Å². The molecule has 1 amide bonds. The highest BCUT2D eigenvalue weighted by atomic mass is 16.5. The lowest BCUT2D eigenvalue weighted by Crippen LogP contribution is -2.47. The molecule has 1 N–H and O–H groups in total. The Hall–Kier alpha value is -1.06. The van der Waals surface area contributed by atoms with Crippen LogP contribution in [-0.2, 0) is 14.3 Å². The summed E-state index contributed by atoms with van der Waals surface area (Å²) < 4.78 is 4.66. The van der Waals surface area contributed by atoms with Gasteiger partial charge in [-0.05, 0) is 11.8 Å². The number of carbonyl (C=O) groups is 2. The number of hydrogen-bond acceptors (Lipinski definition) is 3. The number of rotatable bonds is 5. The molecule has 0 spiro atoms. The average molecular weight is 229 g/mol. The second kappa shape index (κ2) is 6.51. The lowest BCUT2D eigenvalue weighted by atomic mass is 9.96. The summed E-state index contributed by atoms with van der Waals surface area (Å²) in [7, 11) is 1.33. The van der Waals surface area contributed by atoms with Crippen molar-refractivity contribution in [2.75, 3.05) is 7.11 Å². The molecular formula is C12H23NO3. The van der Waals surface area contributed by atoms with Crippen LogP contribution >= 0.6 is 0 Å². The molecule has 0 fully saturated rings. The minimum atomic E-state index is -0.557. The van der Waals surface area contributed by atoms with Gasteiger partial charge in [-0.15, -0.1) is 0 Å². The summed E-state index contributed by atoms with van der Waals surface area (Å²) in [5, 5.41) is 2.73. The predicted molar refractivity (Wildman–Crippen MR) is 62.8 cm³/mol. The Balaban J connectivity index is 4.53. The van der Waals surface area contributed by atoms with Crippen molar-refractivity contribution in [1.29, 1.82) is 0 Å². The molecule has 2 atom stereocenters. The normalized spacial score (nSPS) is 14.8. The SMILES string of the molecule is COC(=O)[C@@H](NC(=O)[C@@H](C)C(C)C)C(C)C. The van der Waals surface area contributed by atoms with E-state index in [0.717, 1.165) is 0 Å². The molecule has 0 aromatic heterocycles. The maximum Gasteiger partial charge on any atom is 0.328 e. The zero-order chi connectivity index (χ0) is 12.9. The molecule has 0 rings (SSSR count). The molecule has 16 heavy (non-hydrogen) atoms. The van der Waals surface area contributed by atoms with E-state index in [4.69, 9.17) is 0 Å². The second-order valence-electron chi connectivity index (χ2n) is 4.79. The van der Waals surface area contributed by atoms with Crippen molar-refractivity contribution in [1.82, 2.24) is 5.32 Å². The number of carbonyl (C=O) groups excluding carboxylic acids is 2. The molecule has 0 aliphatic heterocycles. The average Bonchev–Trinajstić information content (AvgIpc) is 2.22. The molecular weight excluding hydrogens is 206 g/mol. The van der Waals surface area contributed by atoms with Crippen molar-refractivity contribution >= 4 is 11.9 Å². The molecule has 4 nitrogen and oxygen atoms in total. The zero-order valence-electron chi connectivity index (χ0n) is 11.0. The van der Waals surface area contributed by atoms with Gasteiger partial charge in [-0.25, -0.2) is 4.79 Å². The van der Waals surface area contributed by atoms with Crippen LogP contribution in [0, 0.1) is 17.8 Å². The molecule has 4 heteroatoms. The first kappa shape index (κ1) is 14.9. The van der Waals surface area contributed by atoms with Crippen molar-refractivity contribution in [3.63, 3.8) is 0 Å². The number of hydrogen-bond donors (Lipinski definition) is 1. The third-order valence-corrected chi connectivity index (χ3v) is 2.83. The fourth-order valence-electron chi connectivity index (χ4n) is 1.21. The van der Waals surface area contributed by atoms with Crippen molar-refractivity contribution in [2.45, 2.75) is 40.7 Å². The molecule has 0 saturated carbocycles. The molecule has 0 aliphatic rings. The molecule has 0 aliphatic carbocycles. The minimum absolute atomic E-state index is 0.0239. The Morgan fingerprint density at radius 2 is 1.50 bits per heavy atom. The van der Waals surface area contributed by atoms with E-state index in [2.05, 4.69) is 10.1 Å². The van der Waals surface area contributed by atoms with E-state index in [-0.39, 0.29) is 29.6 Å². The van der Waals surface area contributed by atoms with Crippen LogP contribution in [0.3, 0.4) is 0 Å². The standard InChI is InChI=1S/C12H23NO3/c1-7(2)9(5)11(14)13-10(8(3)4)12(15)16-6/h7-10H,1-6H3,(H,13,14)/t9-,10-/m0/s1. The highest BCUT2D eigenvalue weighted by Crippen LogP contribution is 2.11. The molecule has 0 aromatic carbocycles. The molecule has 0 heterocycles. The number of esters is 1. The Labute approximate surface area is 97.7 Å². The van der Waals surface area contributed by atoms with Gasteiger partial charge < -0.3 is 10.1 Å². The van der Waals surface area contributed by atoms with Crippen molar-refractivity contribution in [3.8, 4) is 0 Å². The van der Waals surface area contributed by atoms with E-state index in [0.29, 0.717) is 0 Å². The maximum atomic E-state index is 11.8. The third kappa shape index (κ3) is 4.21. The van der Waals surface area contributed by atoms with Gasteiger partial charge in [0.25, 0.3) is 0 Å². The van der Waals surface area contributed by atoms with Gasteiger partial charge in [-0.3, -0.25) is 4.79 Å². The number of methoxy groups -OCH3 is 1. The molecule has 0 aromatic rings. The summed E-state index contributed by atoms with van der Waals surface area (Å²) in [6.07, 6.45) is 0. The lowest BCUT2D eigenvalue weighted by molar-refractivity contribution is -0.147. The van der Waals surface area contributed by atoms with Gasteiger partial charge in [0.15, 0.2) is 0 Å². The molecule has 0 unspecified atom stereocenters. The summed E-state index contributed by atoms with van der Waals surface area (Å²) in [6, 6.07) is -0.557. The van der Waals surface area contributed by atoms with Crippen LogP contribution < -0.4 is 5.32 Å². The highest BCUT2D eigenvalue weighted by Gasteiger charge is 2.27. The summed E-state index contributed by atoms with van der Waals surface area (Å²) in [4.78, 5) is 23.2. The molecule has 94 valence electrons. The summed E-state index contributed by atoms with van der Waals surface area (Å²) in [5.74, 6) is -0.314. The van der Waals surface area contributed by atoms with Gasteiger partial charge in [0.1, 0.15) is 6.04 Å². The lowest BCUT2D eigenvalue weighted by Gasteiger charge is -2.23. The topological polar surface area (TPSA) is 55.4 Å². The second-order valence-corrected chi connectivity index (χ2v) is 4.79. The van der Waals surface area contributed by atoms with Gasteiger partial charge in [-0.1, -0.05) is 34.6 Å². The van der Waals surface area contributed by atoms with Crippen LogP contribution in [0.4, 0.5) is 0 Å². The third-order valence-electron chi connectivity index (χ3n) is 2.83. The van der Waals surface area contributed by atoms with Crippen LogP contribution in [0.15, 0.2) is 0 Å². The largest absolute Gasteiger partial charge is 0.467 e. The predicted octanol–water partition coefficient (Wildman–Crippen LogP) is 1.59. The summed E-state index contributed by atoms with van der Waals surface area (Å²) in [6.45, 7) is 9.57. The Kier molecular flexibility index (Phi) is 6.08. The van der Waals surface area contributed by atoms with Crippen molar-refractivity contribution < 1.29 is 14.3 Å². The van der Waals surface area contributed by atoms with Crippen LogP contribution in [0.1, 0.15) is 34.6 Å². The zero-order valence-corrected chi connectivity index (χ0v) is 11.0. The first-order valence-corrected chi connectivity index (χ1v) is 5.69. The van der Waals surface area contributed by atoms with E-state index in [1.54, 1.807) is 0 Å². The van der Waals surface area contributed by atoms with E-state index in [1.165, 1.54) is 7.11 Å². The van der Waals surface area contributed by atoms with Crippen LogP contribution in [0.5, 0.6) is 0 Å². The fraction of sp³-hybridized carbons (Fsp3) is 0.833. The quantitative estimate of drug-likeness (QED) is 0.728. The monoisotopic (exact) mass is 229 g/mol. The van der Waals surface area contributed by atoms with Gasteiger partial charge in [0.05, 0.1) is 7.11 Å². The molecule has 0 bridgehead atoms. The first-order chi connectivity index (χ1) is 7.31. The Bertz CT molecular complexity index is 249. The van der Waals surface area contributed by atoms with Crippen LogP contribution in [0.2, 0.25) is 0 Å². The summed E-state index contributed by atoms with van der Waals surface area (Å²) >= 11 is 0. The van der Waals surface area contributed by atoms with Crippen LogP contribution in [0.25, 0.3) is 0 Å². The van der Waals surface area contributed by atoms with E-state index >= 15 is 0 Å². The first-order valence-electron chi connectivity index (χ1n) is 5.69. The fourth-order valence-corrected chi connectivity index (χ4v) is 1.21. The maximum absolute atomic E-state index is 11.8. The minimum Gasteiger partial charge on any atom is -0.467 e. The van der Waals surface area contributed by atoms with Gasteiger partial charge in [0.2, 0.25) is 5.91 Å². The molecule has 0 saturated heterocycles. The highest BCUT2D eigenvalue weighted by molar-refractivity contribution is 5.85.